The van der Waals surface area contributed by atoms with Crippen LogP contribution in [0, 0.1) is 18.7 Å². The number of halogens is 1. The van der Waals surface area contributed by atoms with Crippen molar-refractivity contribution >= 4 is 61.2 Å². The number of nitrogens with zero attached hydrogens (tertiary/aromatic N) is 11. The molecule has 6 N–H and O–H groups in total. The molecular weight excluding hydrogens is 1140 g/mol. The number of aliphatic hydroxyl groups is 2. The molecule has 89 heavy (non-hydrogen) atoms. The van der Waals surface area contributed by atoms with Gasteiger partial charge < -0.3 is 49.7 Å². The first kappa shape index (κ1) is 56.9. The second kappa shape index (κ2) is 22.2. The molecule has 5 saturated heterocycles. The van der Waals surface area contributed by atoms with Crippen LogP contribution in [0.5, 0.6) is 11.8 Å². The normalized spacial score (nSPS) is 21.3. The van der Waals surface area contributed by atoms with Gasteiger partial charge in [-0.15, -0.1) is 0 Å². The molecule has 2 amide bonds. The zero-order valence-electron chi connectivity index (χ0n) is 50.2. The Kier molecular flexibility index (Phi) is 14.2. The molecular formula is C65H72FN15O8. The van der Waals surface area contributed by atoms with Gasteiger partial charge in [0.05, 0.1) is 47.4 Å². The number of aromatic nitrogens is 10. The lowest BCUT2D eigenvalue weighted by molar-refractivity contribution is -0.142. The predicted molar refractivity (Wildman–Crippen MR) is 331 cm³/mol. The molecule has 462 valence electrons. The molecule has 6 aromatic heterocycles. The minimum absolute atomic E-state index is 0.0142. The van der Waals surface area contributed by atoms with Crippen molar-refractivity contribution < 1.29 is 33.7 Å². The Morgan fingerprint density at radius 3 is 2.47 bits per heavy atom. The van der Waals surface area contributed by atoms with Gasteiger partial charge in [0.15, 0.2) is 11.3 Å². The fraction of sp³-hybridized carbons (Fsp3) is 0.462. The summed E-state index contributed by atoms with van der Waals surface area (Å²) in [4.78, 5) is 78.5. The van der Waals surface area contributed by atoms with E-state index in [9.17, 15) is 24.6 Å². The van der Waals surface area contributed by atoms with E-state index in [-0.39, 0.29) is 77.5 Å². The second-order valence-corrected chi connectivity index (χ2v) is 25.7. The van der Waals surface area contributed by atoms with Crippen LogP contribution < -0.4 is 36.1 Å². The third kappa shape index (κ3) is 9.71. The number of aryl methyl sites for hydroxylation is 1. The van der Waals surface area contributed by atoms with E-state index in [0.717, 1.165) is 75.8 Å². The Balaban J connectivity index is 0.770. The van der Waals surface area contributed by atoms with Gasteiger partial charge in [-0.2, -0.15) is 25.3 Å². The molecule has 5 aliphatic heterocycles. The van der Waals surface area contributed by atoms with Crippen molar-refractivity contribution in [2.45, 2.75) is 140 Å². The number of benzene rings is 3. The number of H-pyrrole nitrogens is 2. The highest BCUT2D eigenvalue weighted by Crippen LogP contribution is 2.48. The SMILES string of the molecule is CCn1nccc1-c1ccc([C@H](CO)NC(=O)[C@@H]2C[C@@H](O)CN2C(=O)[C@H](C(C)C)n2cc3c(n2)c(=O)[nH]c2cc(COc4c(-c5c(C)c(F)cc6[nH]ncc56)n(C5CC5)c(=O)c5c(N6C[C@@H]7C[C@H]6CN7)nc(OCC67CCCN6CCC7)nc45)ccc23)cc1. The number of pyridine rings is 2. The maximum atomic E-state index is 16.4. The van der Waals surface area contributed by atoms with Crippen LogP contribution in [0.25, 0.3) is 66.1 Å². The molecule has 6 fully saturated rings. The van der Waals surface area contributed by atoms with Gasteiger partial charge in [-0.1, -0.05) is 50.2 Å². The van der Waals surface area contributed by atoms with E-state index >= 15 is 9.18 Å². The third-order valence-electron chi connectivity index (χ3n) is 19.8. The van der Waals surface area contributed by atoms with E-state index in [1.54, 1.807) is 30.1 Å². The molecule has 6 aliphatic rings. The summed E-state index contributed by atoms with van der Waals surface area (Å²) >= 11 is 0. The monoisotopic (exact) mass is 1210 g/mol. The first-order chi connectivity index (χ1) is 43.2. The summed E-state index contributed by atoms with van der Waals surface area (Å²) in [5.41, 5.74) is 4.68. The van der Waals surface area contributed by atoms with Gasteiger partial charge in [-0.25, -0.2) is 4.39 Å². The number of aromatic amines is 2. The minimum Gasteiger partial charge on any atom is -0.484 e. The lowest BCUT2D eigenvalue weighted by Crippen LogP contribution is -2.50. The van der Waals surface area contributed by atoms with Gasteiger partial charge in [-0.05, 0) is 118 Å². The molecule has 9 aromatic rings. The van der Waals surface area contributed by atoms with Crippen molar-refractivity contribution in [2.75, 3.05) is 50.8 Å². The summed E-state index contributed by atoms with van der Waals surface area (Å²) in [5, 5.41) is 46.5. The van der Waals surface area contributed by atoms with Crippen LogP contribution in [0.3, 0.4) is 0 Å². The van der Waals surface area contributed by atoms with Gasteiger partial charge in [0.2, 0.25) is 11.8 Å². The highest BCUT2D eigenvalue weighted by molar-refractivity contribution is 6.05. The van der Waals surface area contributed by atoms with Crippen molar-refractivity contribution in [2.24, 2.45) is 5.92 Å². The number of amides is 2. The number of rotatable bonds is 18. The predicted octanol–water partition coefficient (Wildman–Crippen LogP) is 6.34. The summed E-state index contributed by atoms with van der Waals surface area (Å²) in [7, 11) is 0. The number of carbonyl (C=O) groups excluding carboxylic acids is 2. The zero-order chi connectivity index (χ0) is 61.1. The number of ether oxygens (including phenoxy) is 2. The van der Waals surface area contributed by atoms with Crippen LogP contribution in [0.4, 0.5) is 10.2 Å². The van der Waals surface area contributed by atoms with E-state index in [1.165, 1.54) is 15.6 Å². The number of β-amino-alcohol motifs (C(OH)–C–C–N with tert-alkyl or cyclic N) is 1. The minimum atomic E-state index is -1.06. The van der Waals surface area contributed by atoms with Crippen LogP contribution in [0.1, 0.15) is 107 Å². The number of hydrogen-bond donors (Lipinski definition) is 6. The number of piperazine rings is 1. The summed E-state index contributed by atoms with van der Waals surface area (Å²) in [5.74, 6) is -1.10. The van der Waals surface area contributed by atoms with Crippen LogP contribution in [0.2, 0.25) is 0 Å². The van der Waals surface area contributed by atoms with Gasteiger partial charge in [0.1, 0.15) is 47.8 Å². The number of carbonyl (C=O) groups is 2. The average Bonchev–Trinajstić information content (AvgIpc) is 1.73. The van der Waals surface area contributed by atoms with E-state index in [4.69, 9.17) is 24.5 Å². The Hall–Kier alpha value is -8.58. The number of anilines is 1. The van der Waals surface area contributed by atoms with Gasteiger partial charge in [0, 0.05) is 90.4 Å². The molecule has 3 aromatic carbocycles. The summed E-state index contributed by atoms with van der Waals surface area (Å²) in [6, 6.07) is 13.8. The highest BCUT2D eigenvalue weighted by atomic mass is 19.1. The topological polar surface area (TPSA) is 272 Å². The van der Waals surface area contributed by atoms with Crippen molar-refractivity contribution in [3.05, 3.63) is 116 Å². The Labute approximate surface area is 510 Å². The summed E-state index contributed by atoms with van der Waals surface area (Å²) in [6.07, 6.45) is 10.6. The smallest absolute Gasteiger partial charge is 0.319 e. The van der Waals surface area contributed by atoms with Crippen molar-refractivity contribution in [3.8, 4) is 34.3 Å². The van der Waals surface area contributed by atoms with Crippen LogP contribution in [-0.2, 0) is 22.7 Å². The molecule has 2 bridgehead atoms. The van der Waals surface area contributed by atoms with Crippen LogP contribution >= 0.6 is 0 Å². The quantitative estimate of drug-likeness (QED) is 0.0547. The van der Waals surface area contributed by atoms with Gasteiger partial charge >= 0.3 is 6.01 Å². The molecule has 23 nitrogen and oxygen atoms in total. The molecule has 0 unspecified atom stereocenters. The summed E-state index contributed by atoms with van der Waals surface area (Å²) < 4.78 is 35.4. The molecule has 0 spiro atoms. The number of fused-ring (bicyclic) bond motifs is 8. The molecule has 6 atom stereocenters. The third-order valence-corrected chi connectivity index (χ3v) is 19.8. The molecule has 0 radical (unpaired) electrons. The fourth-order valence-electron chi connectivity index (χ4n) is 15.2. The lowest BCUT2D eigenvalue weighted by atomic mass is 9.95. The molecule has 11 heterocycles. The summed E-state index contributed by atoms with van der Waals surface area (Å²) in [6.45, 7) is 11.3. The maximum Gasteiger partial charge on any atom is 0.319 e. The Morgan fingerprint density at radius 1 is 0.933 bits per heavy atom. The zero-order valence-corrected chi connectivity index (χ0v) is 50.2. The van der Waals surface area contributed by atoms with Crippen molar-refractivity contribution in [1.29, 1.82) is 0 Å². The second-order valence-electron chi connectivity index (χ2n) is 25.7. The molecule has 1 aliphatic carbocycles. The number of nitrogens with one attached hydrogen (secondary N) is 4. The van der Waals surface area contributed by atoms with Crippen molar-refractivity contribution in [3.63, 3.8) is 0 Å². The first-order valence-electron chi connectivity index (χ1n) is 31.4. The van der Waals surface area contributed by atoms with E-state index < -0.39 is 54.0 Å². The number of aliphatic hydroxyl groups excluding tert-OH is 2. The van der Waals surface area contributed by atoms with Crippen LogP contribution in [0.15, 0.2) is 82.8 Å². The van der Waals surface area contributed by atoms with E-state index in [2.05, 4.69) is 40.7 Å². The maximum absolute atomic E-state index is 16.4. The van der Waals surface area contributed by atoms with Gasteiger partial charge in [0.25, 0.3) is 11.1 Å². The fourth-order valence-corrected chi connectivity index (χ4v) is 15.2. The first-order valence-corrected chi connectivity index (χ1v) is 31.4. The Morgan fingerprint density at radius 2 is 1.74 bits per heavy atom. The lowest BCUT2D eigenvalue weighted by Gasteiger charge is -2.32. The largest absolute Gasteiger partial charge is 0.484 e. The van der Waals surface area contributed by atoms with Gasteiger partial charge in [-0.3, -0.25) is 38.5 Å². The van der Waals surface area contributed by atoms with E-state index in [0.29, 0.717) is 86.0 Å². The average molecular weight is 1210 g/mol. The molecule has 15 rings (SSSR count). The highest BCUT2D eigenvalue weighted by Gasteiger charge is 2.47. The van der Waals surface area contributed by atoms with Crippen molar-refractivity contribution in [1.82, 2.24) is 69.7 Å². The Bertz CT molecular complexity index is 4410. The molecule has 1 saturated carbocycles. The van der Waals surface area contributed by atoms with Crippen LogP contribution in [-0.4, -0.2) is 157 Å². The molecule has 24 heteroatoms. The number of likely N-dealkylation sites (tertiary alicyclic amines) is 1. The standard InChI is InChI=1S/C65H72FN15O8/c1-5-79-50(16-19-69-79)38-11-9-37(10-12-38)49(31-82)71-60(84)51-24-42(83)29-78(51)63(87)56(34(2)3)80-30-45-43-15-8-36(22-47(43)70-61(85)54(45)75-80)32-88-58-55-53(62(86)81(40-13-14-40)57(58)52-35(4)46(66)25-48-44(52)27-68-74-48)59(77-28-39-23-41(77)26-67-39)73-64(72-55)89-33-65-17-6-20-76(65)21-7-18-65/h8-12,15-16,19,22,25,27,30,34,39-42,49,51,56,67,82-83H,5-7,13-14,17-18,20-21,23-24,26,28-29,31-33H2,1-4H3,(H,68,74)(H,70,85)(H,71,84)/t39-,41-,42+,49-,51-,56-/m0/s1. The van der Waals surface area contributed by atoms with E-state index in [1.807, 2.05) is 74.0 Å². The number of hydrogen-bond acceptors (Lipinski definition) is 16.